The van der Waals surface area contributed by atoms with Crippen LogP contribution in [-0.2, 0) is 0 Å². The first kappa shape index (κ1) is 16.7. The van der Waals surface area contributed by atoms with Crippen LogP contribution in [0.25, 0.3) is 0 Å². The molecule has 0 bridgehead atoms. The third-order valence-electron chi connectivity index (χ3n) is 2.69. The molecule has 1 aromatic rings. The number of benzene rings is 1. The van der Waals surface area contributed by atoms with E-state index in [4.69, 9.17) is 0 Å². The summed E-state index contributed by atoms with van der Waals surface area (Å²) in [5, 5.41) is 0. The van der Waals surface area contributed by atoms with E-state index in [9.17, 15) is 4.79 Å². The fraction of sp³-hybridized carbons (Fsp3) is 0.562. The standard InChI is InChI=1S/C12H15NO.2C2H6/c1-10-4-6-11(7-5-10)12(14)13-8-2-3-9-13;2*1-2/h4-7H,2-3,8-9H2,1H3;2*1-2H3. The maximum absolute atomic E-state index is 11.9. The molecule has 2 nitrogen and oxygen atoms in total. The number of carbonyl (C=O) groups is 1. The normalized spacial score (nSPS) is 13.1. The van der Waals surface area contributed by atoms with Crippen molar-refractivity contribution < 1.29 is 4.79 Å². The third kappa shape index (κ3) is 4.91. The summed E-state index contributed by atoms with van der Waals surface area (Å²) in [6, 6.07) is 7.80. The van der Waals surface area contributed by atoms with Gasteiger partial charge in [0.15, 0.2) is 0 Å². The Kier molecular flexibility index (Phi) is 8.99. The summed E-state index contributed by atoms with van der Waals surface area (Å²) in [5.74, 6) is 0.183. The van der Waals surface area contributed by atoms with E-state index in [1.807, 2.05) is 63.8 Å². The van der Waals surface area contributed by atoms with Crippen molar-refractivity contribution in [2.75, 3.05) is 13.1 Å². The van der Waals surface area contributed by atoms with Crippen molar-refractivity contribution in [2.45, 2.75) is 47.5 Å². The molecule has 1 heterocycles. The molecule has 0 radical (unpaired) electrons. The molecule has 1 aliphatic rings. The number of hydrogen-bond donors (Lipinski definition) is 0. The van der Waals surface area contributed by atoms with Gasteiger partial charge in [0.05, 0.1) is 0 Å². The van der Waals surface area contributed by atoms with Crippen LogP contribution in [0.15, 0.2) is 24.3 Å². The highest BCUT2D eigenvalue weighted by Crippen LogP contribution is 2.13. The molecule has 0 aliphatic carbocycles. The molecule has 2 heteroatoms. The Balaban J connectivity index is 0.000000659. The van der Waals surface area contributed by atoms with Crippen LogP contribution in [-0.4, -0.2) is 23.9 Å². The van der Waals surface area contributed by atoms with Crippen LogP contribution in [0.4, 0.5) is 0 Å². The SMILES string of the molecule is CC.CC.Cc1ccc(C(=O)N2CCCC2)cc1. The van der Waals surface area contributed by atoms with Gasteiger partial charge in [-0.05, 0) is 31.9 Å². The topological polar surface area (TPSA) is 20.3 Å². The second-order valence-electron chi connectivity index (χ2n) is 3.87. The number of carbonyl (C=O) groups excluding carboxylic acids is 1. The van der Waals surface area contributed by atoms with Crippen molar-refractivity contribution >= 4 is 5.91 Å². The lowest BCUT2D eigenvalue weighted by Crippen LogP contribution is -2.27. The van der Waals surface area contributed by atoms with Crippen LogP contribution < -0.4 is 0 Å². The molecule has 1 aliphatic heterocycles. The molecule has 2 rings (SSSR count). The number of likely N-dealkylation sites (tertiary alicyclic amines) is 1. The summed E-state index contributed by atoms with van der Waals surface area (Å²) in [4.78, 5) is 13.8. The molecule has 1 fully saturated rings. The first-order valence-corrected chi connectivity index (χ1v) is 7.13. The van der Waals surface area contributed by atoms with Gasteiger partial charge < -0.3 is 4.90 Å². The average molecular weight is 249 g/mol. The van der Waals surface area contributed by atoms with Crippen LogP contribution in [0.3, 0.4) is 0 Å². The van der Waals surface area contributed by atoms with Gasteiger partial charge in [0, 0.05) is 18.7 Å². The smallest absolute Gasteiger partial charge is 0.253 e. The molecule has 1 amide bonds. The molecule has 1 aromatic carbocycles. The van der Waals surface area contributed by atoms with E-state index in [1.54, 1.807) is 0 Å². The molecule has 0 unspecified atom stereocenters. The van der Waals surface area contributed by atoms with Crippen molar-refractivity contribution in [3.63, 3.8) is 0 Å². The zero-order valence-corrected chi connectivity index (χ0v) is 12.5. The Morgan fingerprint density at radius 3 is 1.83 bits per heavy atom. The van der Waals surface area contributed by atoms with Crippen molar-refractivity contribution in [3.8, 4) is 0 Å². The van der Waals surface area contributed by atoms with E-state index in [1.165, 1.54) is 5.56 Å². The van der Waals surface area contributed by atoms with E-state index < -0.39 is 0 Å². The molecule has 0 spiro atoms. The number of rotatable bonds is 1. The summed E-state index contributed by atoms with van der Waals surface area (Å²) >= 11 is 0. The van der Waals surface area contributed by atoms with Crippen LogP contribution in [0, 0.1) is 6.92 Å². The number of nitrogens with zero attached hydrogens (tertiary/aromatic N) is 1. The minimum Gasteiger partial charge on any atom is -0.339 e. The zero-order valence-electron chi connectivity index (χ0n) is 12.5. The number of hydrogen-bond acceptors (Lipinski definition) is 1. The highest BCUT2D eigenvalue weighted by Gasteiger charge is 2.18. The highest BCUT2D eigenvalue weighted by atomic mass is 16.2. The lowest BCUT2D eigenvalue weighted by molar-refractivity contribution is 0.0793. The Labute approximate surface area is 112 Å². The second-order valence-corrected chi connectivity index (χ2v) is 3.87. The van der Waals surface area contributed by atoms with Gasteiger partial charge in [-0.15, -0.1) is 0 Å². The quantitative estimate of drug-likeness (QED) is 0.727. The number of aryl methyl sites for hydroxylation is 1. The van der Waals surface area contributed by atoms with Crippen molar-refractivity contribution in [2.24, 2.45) is 0 Å². The summed E-state index contributed by atoms with van der Waals surface area (Å²) in [6.07, 6.45) is 2.30. The van der Waals surface area contributed by atoms with E-state index >= 15 is 0 Å². The third-order valence-corrected chi connectivity index (χ3v) is 2.69. The molecular weight excluding hydrogens is 222 g/mol. The zero-order chi connectivity index (χ0) is 14.0. The average Bonchev–Trinajstić information content (AvgIpc) is 2.97. The largest absolute Gasteiger partial charge is 0.339 e. The minimum atomic E-state index is 0.183. The van der Waals surface area contributed by atoms with Crippen molar-refractivity contribution in [1.82, 2.24) is 4.90 Å². The van der Waals surface area contributed by atoms with E-state index in [0.717, 1.165) is 31.5 Å². The lowest BCUT2D eigenvalue weighted by Gasteiger charge is -2.14. The Morgan fingerprint density at radius 1 is 0.944 bits per heavy atom. The van der Waals surface area contributed by atoms with Gasteiger partial charge in [0.1, 0.15) is 0 Å². The van der Waals surface area contributed by atoms with Gasteiger partial charge in [-0.3, -0.25) is 4.79 Å². The van der Waals surface area contributed by atoms with E-state index in [0.29, 0.717) is 0 Å². The van der Waals surface area contributed by atoms with Crippen LogP contribution in [0.5, 0.6) is 0 Å². The molecular formula is C16H27NO. The Morgan fingerprint density at radius 2 is 1.39 bits per heavy atom. The van der Waals surface area contributed by atoms with Gasteiger partial charge in [-0.1, -0.05) is 45.4 Å². The molecule has 0 aromatic heterocycles. The monoisotopic (exact) mass is 249 g/mol. The Hall–Kier alpha value is -1.31. The first-order chi connectivity index (χ1) is 8.77. The van der Waals surface area contributed by atoms with Gasteiger partial charge >= 0.3 is 0 Å². The molecule has 18 heavy (non-hydrogen) atoms. The fourth-order valence-electron chi connectivity index (χ4n) is 1.80. The molecule has 0 atom stereocenters. The lowest BCUT2D eigenvalue weighted by atomic mass is 10.1. The van der Waals surface area contributed by atoms with Crippen LogP contribution in [0.1, 0.15) is 56.5 Å². The molecule has 0 saturated carbocycles. The van der Waals surface area contributed by atoms with Gasteiger partial charge in [-0.2, -0.15) is 0 Å². The summed E-state index contributed by atoms with van der Waals surface area (Å²) in [7, 11) is 0. The summed E-state index contributed by atoms with van der Waals surface area (Å²) in [6.45, 7) is 11.9. The second kappa shape index (κ2) is 9.69. The van der Waals surface area contributed by atoms with Crippen LogP contribution >= 0.6 is 0 Å². The minimum absolute atomic E-state index is 0.183. The Bertz CT molecular complexity index is 323. The van der Waals surface area contributed by atoms with Crippen molar-refractivity contribution in [1.29, 1.82) is 0 Å². The maximum Gasteiger partial charge on any atom is 0.253 e. The van der Waals surface area contributed by atoms with E-state index in [-0.39, 0.29) is 5.91 Å². The molecule has 0 N–H and O–H groups in total. The van der Waals surface area contributed by atoms with Crippen molar-refractivity contribution in [3.05, 3.63) is 35.4 Å². The molecule has 102 valence electrons. The van der Waals surface area contributed by atoms with Gasteiger partial charge in [-0.25, -0.2) is 0 Å². The highest BCUT2D eigenvalue weighted by molar-refractivity contribution is 5.94. The number of amides is 1. The first-order valence-electron chi connectivity index (χ1n) is 7.13. The summed E-state index contributed by atoms with van der Waals surface area (Å²) < 4.78 is 0. The summed E-state index contributed by atoms with van der Waals surface area (Å²) in [5.41, 5.74) is 2.01. The van der Waals surface area contributed by atoms with Crippen LogP contribution in [0.2, 0.25) is 0 Å². The molecule has 1 saturated heterocycles. The predicted molar refractivity (Wildman–Crippen MR) is 79.0 cm³/mol. The van der Waals surface area contributed by atoms with E-state index in [2.05, 4.69) is 0 Å². The predicted octanol–water partition coefficient (Wildman–Crippen LogP) is 4.28. The fourth-order valence-corrected chi connectivity index (χ4v) is 1.80. The van der Waals surface area contributed by atoms with Gasteiger partial charge in [0.25, 0.3) is 5.91 Å². The van der Waals surface area contributed by atoms with Gasteiger partial charge in [0.2, 0.25) is 0 Å². The maximum atomic E-state index is 11.9.